The molecule has 4 nitrogen and oxygen atoms in total. The van der Waals surface area contributed by atoms with Crippen LogP contribution < -0.4 is 4.72 Å². The van der Waals surface area contributed by atoms with Gasteiger partial charge >= 0.3 is 0 Å². The number of sulfonamides is 1. The Hall–Kier alpha value is -0.300. The van der Waals surface area contributed by atoms with E-state index in [1.165, 1.54) is 18.3 Å². The van der Waals surface area contributed by atoms with E-state index in [1.54, 1.807) is 11.8 Å². The molecule has 1 heterocycles. The van der Waals surface area contributed by atoms with Crippen molar-refractivity contribution in [2.24, 2.45) is 0 Å². The van der Waals surface area contributed by atoms with Gasteiger partial charge in [-0.3, -0.25) is 0 Å². The SMILES string of the molecule is CSCCCCNS(=O)(=O)c1ccc(Cl)nc1. The molecular weight excluding hydrogens is 280 g/mol. The quantitative estimate of drug-likeness (QED) is 0.618. The molecule has 1 aromatic heterocycles. The van der Waals surface area contributed by atoms with E-state index in [2.05, 4.69) is 9.71 Å². The molecule has 0 saturated carbocycles. The molecule has 0 aliphatic heterocycles. The molecule has 1 aromatic rings. The first-order valence-electron chi connectivity index (χ1n) is 5.16. The number of hydrogen-bond donors (Lipinski definition) is 1. The van der Waals surface area contributed by atoms with Crippen LogP contribution in [0.4, 0.5) is 0 Å². The summed E-state index contributed by atoms with van der Waals surface area (Å²) in [6.45, 7) is 0.450. The summed E-state index contributed by atoms with van der Waals surface area (Å²) in [5.74, 6) is 1.05. The molecule has 0 saturated heterocycles. The first kappa shape index (κ1) is 14.8. The Kier molecular flexibility index (Phi) is 6.26. The van der Waals surface area contributed by atoms with Crippen molar-refractivity contribution in [3.05, 3.63) is 23.5 Å². The smallest absolute Gasteiger partial charge is 0.242 e. The lowest BCUT2D eigenvalue weighted by atomic mass is 10.3. The van der Waals surface area contributed by atoms with E-state index in [9.17, 15) is 8.42 Å². The highest BCUT2D eigenvalue weighted by Gasteiger charge is 2.13. The summed E-state index contributed by atoms with van der Waals surface area (Å²) in [5, 5.41) is 0.281. The fourth-order valence-electron chi connectivity index (χ4n) is 1.18. The molecule has 17 heavy (non-hydrogen) atoms. The topological polar surface area (TPSA) is 59.1 Å². The van der Waals surface area contributed by atoms with Gasteiger partial charge in [-0.15, -0.1) is 0 Å². The molecule has 1 N–H and O–H groups in total. The van der Waals surface area contributed by atoms with Crippen LogP contribution in [0.2, 0.25) is 5.15 Å². The minimum Gasteiger partial charge on any atom is -0.243 e. The molecule has 0 amide bonds. The van der Waals surface area contributed by atoms with Gasteiger partial charge in [-0.25, -0.2) is 18.1 Å². The summed E-state index contributed by atoms with van der Waals surface area (Å²) in [6.07, 6.45) is 5.12. The zero-order valence-corrected chi connectivity index (χ0v) is 11.9. The van der Waals surface area contributed by atoms with Gasteiger partial charge in [0.25, 0.3) is 0 Å². The Morgan fingerprint density at radius 3 is 2.76 bits per heavy atom. The largest absolute Gasteiger partial charge is 0.243 e. The number of aromatic nitrogens is 1. The van der Waals surface area contributed by atoms with Gasteiger partial charge in [0, 0.05) is 12.7 Å². The number of rotatable bonds is 7. The van der Waals surface area contributed by atoms with E-state index in [4.69, 9.17) is 11.6 Å². The lowest BCUT2D eigenvalue weighted by Crippen LogP contribution is -2.25. The number of nitrogens with one attached hydrogen (secondary N) is 1. The van der Waals surface area contributed by atoms with Crippen LogP contribution in [-0.2, 0) is 10.0 Å². The zero-order valence-electron chi connectivity index (χ0n) is 9.52. The second-order valence-electron chi connectivity index (χ2n) is 3.41. The van der Waals surface area contributed by atoms with E-state index in [-0.39, 0.29) is 10.0 Å². The van der Waals surface area contributed by atoms with Gasteiger partial charge in [0.05, 0.1) is 0 Å². The van der Waals surface area contributed by atoms with Crippen LogP contribution in [0.15, 0.2) is 23.2 Å². The van der Waals surface area contributed by atoms with Crippen LogP contribution in [-0.4, -0.2) is 32.0 Å². The van der Waals surface area contributed by atoms with Gasteiger partial charge in [-0.1, -0.05) is 11.6 Å². The number of pyridine rings is 1. The third kappa shape index (κ3) is 5.25. The van der Waals surface area contributed by atoms with Crippen molar-refractivity contribution in [1.29, 1.82) is 0 Å². The van der Waals surface area contributed by atoms with Crippen molar-refractivity contribution in [1.82, 2.24) is 9.71 Å². The van der Waals surface area contributed by atoms with Gasteiger partial charge in [0.1, 0.15) is 10.0 Å². The number of unbranched alkanes of at least 4 members (excludes halogenated alkanes) is 1. The molecule has 0 radical (unpaired) electrons. The summed E-state index contributed by atoms with van der Waals surface area (Å²) in [5.41, 5.74) is 0. The lowest BCUT2D eigenvalue weighted by molar-refractivity contribution is 0.578. The van der Waals surface area contributed by atoms with E-state index < -0.39 is 10.0 Å². The first-order chi connectivity index (χ1) is 8.06. The van der Waals surface area contributed by atoms with Crippen LogP contribution in [0.25, 0.3) is 0 Å². The van der Waals surface area contributed by atoms with Crippen LogP contribution in [0.3, 0.4) is 0 Å². The highest BCUT2D eigenvalue weighted by molar-refractivity contribution is 7.98. The summed E-state index contributed by atoms with van der Waals surface area (Å²) in [6, 6.07) is 2.91. The van der Waals surface area contributed by atoms with Gasteiger partial charge in [0.2, 0.25) is 10.0 Å². The first-order valence-corrected chi connectivity index (χ1v) is 8.42. The Morgan fingerprint density at radius 2 is 2.18 bits per heavy atom. The van der Waals surface area contributed by atoms with E-state index in [0.29, 0.717) is 6.54 Å². The molecule has 0 aliphatic rings. The van der Waals surface area contributed by atoms with Gasteiger partial charge in [-0.05, 0) is 37.0 Å². The Balaban J connectivity index is 2.48. The number of nitrogens with zero attached hydrogens (tertiary/aromatic N) is 1. The number of thioether (sulfide) groups is 1. The average Bonchev–Trinajstić information content (AvgIpc) is 2.29. The van der Waals surface area contributed by atoms with Gasteiger partial charge < -0.3 is 0 Å². The predicted molar refractivity (Wildman–Crippen MR) is 72.1 cm³/mol. The molecular formula is C10H15ClN2O2S2. The maximum Gasteiger partial charge on any atom is 0.242 e. The lowest BCUT2D eigenvalue weighted by Gasteiger charge is -2.05. The van der Waals surface area contributed by atoms with E-state index >= 15 is 0 Å². The Morgan fingerprint density at radius 1 is 1.41 bits per heavy atom. The molecule has 0 aromatic carbocycles. The van der Waals surface area contributed by atoms with Crippen molar-refractivity contribution in [2.45, 2.75) is 17.7 Å². The number of hydrogen-bond acceptors (Lipinski definition) is 4. The molecule has 0 aliphatic carbocycles. The minimum atomic E-state index is -3.44. The fourth-order valence-corrected chi connectivity index (χ4v) is 2.81. The molecule has 0 unspecified atom stereocenters. The molecule has 0 spiro atoms. The van der Waals surface area contributed by atoms with Crippen molar-refractivity contribution < 1.29 is 8.42 Å². The van der Waals surface area contributed by atoms with Crippen molar-refractivity contribution in [3.8, 4) is 0 Å². The van der Waals surface area contributed by atoms with Gasteiger partial charge in [-0.2, -0.15) is 11.8 Å². The molecule has 1 rings (SSSR count). The highest BCUT2D eigenvalue weighted by Crippen LogP contribution is 2.10. The predicted octanol–water partition coefficient (Wildman–Crippen LogP) is 2.16. The Labute approximate surface area is 111 Å². The summed E-state index contributed by atoms with van der Waals surface area (Å²) < 4.78 is 26.1. The second kappa shape index (κ2) is 7.20. The second-order valence-corrected chi connectivity index (χ2v) is 6.55. The highest BCUT2D eigenvalue weighted by atomic mass is 35.5. The summed E-state index contributed by atoms with van der Waals surface area (Å²) >= 11 is 7.35. The van der Waals surface area contributed by atoms with Crippen LogP contribution in [0.5, 0.6) is 0 Å². The third-order valence-electron chi connectivity index (χ3n) is 2.08. The Bertz CT molecular complexity index is 434. The maximum absolute atomic E-state index is 11.8. The van der Waals surface area contributed by atoms with Gasteiger partial charge in [0.15, 0.2) is 0 Å². The molecule has 96 valence electrons. The molecule has 7 heteroatoms. The van der Waals surface area contributed by atoms with Crippen LogP contribution >= 0.6 is 23.4 Å². The normalized spacial score (nSPS) is 11.6. The standard InChI is InChI=1S/C10H15ClN2O2S2/c1-16-7-3-2-6-13-17(14,15)9-4-5-10(11)12-8-9/h4-5,8,13H,2-3,6-7H2,1H3. The summed E-state index contributed by atoms with van der Waals surface area (Å²) in [7, 11) is -3.44. The van der Waals surface area contributed by atoms with Crippen LogP contribution in [0, 0.1) is 0 Å². The zero-order chi connectivity index (χ0) is 12.7. The third-order valence-corrected chi connectivity index (χ3v) is 4.44. The fraction of sp³-hybridized carbons (Fsp3) is 0.500. The summed E-state index contributed by atoms with van der Waals surface area (Å²) in [4.78, 5) is 3.89. The average molecular weight is 295 g/mol. The maximum atomic E-state index is 11.8. The van der Waals surface area contributed by atoms with Crippen molar-refractivity contribution in [3.63, 3.8) is 0 Å². The van der Waals surface area contributed by atoms with Crippen molar-refractivity contribution in [2.75, 3.05) is 18.6 Å². The molecule has 0 atom stereocenters. The van der Waals surface area contributed by atoms with Crippen LogP contribution in [0.1, 0.15) is 12.8 Å². The monoisotopic (exact) mass is 294 g/mol. The molecule has 0 bridgehead atoms. The minimum absolute atomic E-state index is 0.145. The van der Waals surface area contributed by atoms with E-state index in [1.807, 2.05) is 6.26 Å². The molecule has 0 fully saturated rings. The van der Waals surface area contributed by atoms with E-state index in [0.717, 1.165) is 18.6 Å². The number of halogens is 1. The van der Waals surface area contributed by atoms with Crippen molar-refractivity contribution >= 4 is 33.4 Å².